The number of amides is 1. The van der Waals surface area contributed by atoms with E-state index in [-0.39, 0.29) is 5.91 Å². The molecule has 0 aliphatic heterocycles. The maximum atomic E-state index is 12.6. The van der Waals surface area contributed by atoms with Crippen molar-refractivity contribution in [3.63, 3.8) is 0 Å². The smallest absolute Gasteiger partial charge is 0.268 e. The van der Waals surface area contributed by atoms with Crippen molar-refractivity contribution >= 4 is 16.8 Å². The zero-order valence-electron chi connectivity index (χ0n) is 13.1. The number of H-pyrrole nitrogens is 1. The molecule has 1 aromatic heterocycles. The molecule has 3 nitrogen and oxygen atoms in total. The summed E-state index contributed by atoms with van der Waals surface area (Å²) in [4.78, 5) is 15.9. The second-order valence-corrected chi connectivity index (χ2v) is 6.52. The number of aromatic nitrogens is 1. The Morgan fingerprint density at radius 2 is 2.00 bits per heavy atom. The third-order valence-electron chi connectivity index (χ3n) is 4.87. The summed E-state index contributed by atoms with van der Waals surface area (Å²) in [6.45, 7) is 6.35. The molecule has 1 aromatic carbocycles. The lowest BCUT2D eigenvalue weighted by atomic mass is 9.86. The van der Waals surface area contributed by atoms with Crippen molar-refractivity contribution in [3.05, 3.63) is 35.0 Å². The number of hydrogen-bond donors (Lipinski definition) is 2. The van der Waals surface area contributed by atoms with E-state index in [1.165, 1.54) is 24.8 Å². The molecular formula is C18H24N2O. The SMILES string of the molecule is Cc1ccc2[nH]c(C(=O)NC3CCCCC3C)c(C)c2c1. The Kier molecular flexibility index (Phi) is 3.75. The lowest BCUT2D eigenvalue weighted by Gasteiger charge is -2.29. The maximum absolute atomic E-state index is 12.6. The van der Waals surface area contributed by atoms with E-state index in [1.807, 2.05) is 6.92 Å². The van der Waals surface area contributed by atoms with Gasteiger partial charge in [0.05, 0.1) is 0 Å². The van der Waals surface area contributed by atoms with Crippen LogP contribution in [0.2, 0.25) is 0 Å². The molecule has 1 heterocycles. The maximum Gasteiger partial charge on any atom is 0.268 e. The molecule has 2 N–H and O–H groups in total. The van der Waals surface area contributed by atoms with Gasteiger partial charge in [0.1, 0.15) is 5.69 Å². The molecule has 0 saturated heterocycles. The summed E-state index contributed by atoms with van der Waals surface area (Å²) in [7, 11) is 0. The quantitative estimate of drug-likeness (QED) is 0.857. The fraction of sp³-hybridized carbons (Fsp3) is 0.500. The second-order valence-electron chi connectivity index (χ2n) is 6.52. The van der Waals surface area contributed by atoms with E-state index in [1.54, 1.807) is 0 Å². The lowest BCUT2D eigenvalue weighted by molar-refractivity contribution is 0.0905. The Balaban J connectivity index is 1.86. The number of aromatic amines is 1. The average Bonchev–Trinajstić information content (AvgIpc) is 2.79. The fourth-order valence-corrected chi connectivity index (χ4v) is 3.44. The Morgan fingerprint density at radius 3 is 2.76 bits per heavy atom. The van der Waals surface area contributed by atoms with Crippen LogP contribution in [0.25, 0.3) is 10.9 Å². The standard InChI is InChI=1S/C18H24N2O/c1-11-8-9-16-14(10-11)13(3)17(19-16)18(21)20-15-7-5-4-6-12(15)2/h8-10,12,15,19H,4-7H2,1-3H3,(H,20,21). The van der Waals surface area contributed by atoms with Gasteiger partial charge in [-0.2, -0.15) is 0 Å². The highest BCUT2D eigenvalue weighted by atomic mass is 16.1. The molecule has 1 fully saturated rings. The predicted octanol–water partition coefficient (Wildman–Crippen LogP) is 4.09. The highest BCUT2D eigenvalue weighted by Gasteiger charge is 2.24. The summed E-state index contributed by atoms with van der Waals surface area (Å²) in [5.41, 5.74) is 4.03. The molecule has 1 aliphatic carbocycles. The van der Waals surface area contributed by atoms with Crippen molar-refractivity contribution in [1.82, 2.24) is 10.3 Å². The number of hydrogen-bond acceptors (Lipinski definition) is 1. The van der Waals surface area contributed by atoms with Crippen LogP contribution in [0.5, 0.6) is 0 Å². The Bertz CT molecular complexity index is 671. The molecule has 2 aromatic rings. The minimum absolute atomic E-state index is 0.0418. The van der Waals surface area contributed by atoms with E-state index in [0.29, 0.717) is 17.7 Å². The van der Waals surface area contributed by atoms with Crippen molar-refractivity contribution in [3.8, 4) is 0 Å². The van der Waals surface area contributed by atoms with Crippen LogP contribution in [0.3, 0.4) is 0 Å². The van der Waals surface area contributed by atoms with Gasteiger partial charge in [-0.25, -0.2) is 0 Å². The van der Waals surface area contributed by atoms with Crippen molar-refractivity contribution in [2.45, 2.75) is 52.5 Å². The average molecular weight is 284 g/mol. The van der Waals surface area contributed by atoms with Crippen molar-refractivity contribution < 1.29 is 4.79 Å². The van der Waals surface area contributed by atoms with Crippen LogP contribution in [-0.2, 0) is 0 Å². The van der Waals surface area contributed by atoms with Crippen LogP contribution >= 0.6 is 0 Å². The van der Waals surface area contributed by atoms with Crippen LogP contribution in [-0.4, -0.2) is 16.9 Å². The molecule has 2 atom stereocenters. The normalized spacial score (nSPS) is 22.4. The summed E-state index contributed by atoms with van der Waals surface area (Å²) in [5, 5.41) is 4.38. The predicted molar refractivity (Wildman–Crippen MR) is 86.7 cm³/mol. The summed E-state index contributed by atoms with van der Waals surface area (Å²) < 4.78 is 0. The molecule has 1 aliphatic rings. The van der Waals surface area contributed by atoms with Gasteiger partial charge in [0.15, 0.2) is 0 Å². The van der Waals surface area contributed by atoms with E-state index in [2.05, 4.69) is 42.3 Å². The zero-order chi connectivity index (χ0) is 15.0. The number of fused-ring (bicyclic) bond motifs is 1. The number of aryl methyl sites for hydroxylation is 2. The van der Waals surface area contributed by atoms with E-state index in [4.69, 9.17) is 0 Å². The number of carbonyl (C=O) groups is 1. The van der Waals surface area contributed by atoms with E-state index in [9.17, 15) is 4.79 Å². The number of benzene rings is 1. The van der Waals surface area contributed by atoms with Gasteiger partial charge in [-0.1, -0.05) is 31.4 Å². The van der Waals surface area contributed by atoms with Gasteiger partial charge in [0, 0.05) is 16.9 Å². The summed E-state index contributed by atoms with van der Waals surface area (Å²) >= 11 is 0. The molecule has 21 heavy (non-hydrogen) atoms. The highest BCUT2D eigenvalue weighted by Crippen LogP contribution is 2.26. The monoisotopic (exact) mass is 284 g/mol. The molecular weight excluding hydrogens is 260 g/mol. The Labute approximate surface area is 126 Å². The Morgan fingerprint density at radius 1 is 1.24 bits per heavy atom. The first kappa shape index (κ1) is 14.2. The molecule has 112 valence electrons. The number of rotatable bonds is 2. The molecule has 0 radical (unpaired) electrons. The van der Waals surface area contributed by atoms with Gasteiger partial charge in [-0.05, 0) is 50.3 Å². The molecule has 2 unspecified atom stereocenters. The zero-order valence-corrected chi connectivity index (χ0v) is 13.1. The summed E-state index contributed by atoms with van der Waals surface area (Å²) in [6, 6.07) is 6.58. The van der Waals surface area contributed by atoms with Gasteiger partial charge < -0.3 is 10.3 Å². The molecule has 0 bridgehead atoms. The second kappa shape index (κ2) is 5.55. The fourth-order valence-electron chi connectivity index (χ4n) is 3.44. The van der Waals surface area contributed by atoms with E-state index in [0.717, 1.165) is 22.9 Å². The lowest BCUT2D eigenvalue weighted by Crippen LogP contribution is -2.41. The highest BCUT2D eigenvalue weighted by molar-refractivity contribution is 6.01. The van der Waals surface area contributed by atoms with Crippen LogP contribution < -0.4 is 5.32 Å². The third-order valence-corrected chi connectivity index (χ3v) is 4.87. The van der Waals surface area contributed by atoms with Gasteiger partial charge >= 0.3 is 0 Å². The van der Waals surface area contributed by atoms with Gasteiger partial charge in [0.2, 0.25) is 0 Å². The minimum atomic E-state index is 0.0418. The van der Waals surface area contributed by atoms with Crippen LogP contribution in [0.4, 0.5) is 0 Å². The van der Waals surface area contributed by atoms with Crippen molar-refractivity contribution in [1.29, 1.82) is 0 Å². The molecule has 1 saturated carbocycles. The van der Waals surface area contributed by atoms with E-state index < -0.39 is 0 Å². The number of carbonyl (C=O) groups excluding carboxylic acids is 1. The first-order chi connectivity index (χ1) is 10.1. The largest absolute Gasteiger partial charge is 0.350 e. The van der Waals surface area contributed by atoms with Gasteiger partial charge in [-0.3, -0.25) is 4.79 Å². The summed E-state index contributed by atoms with van der Waals surface area (Å²) in [5.74, 6) is 0.620. The van der Waals surface area contributed by atoms with Gasteiger partial charge in [-0.15, -0.1) is 0 Å². The van der Waals surface area contributed by atoms with Crippen LogP contribution in [0.1, 0.15) is 54.2 Å². The van der Waals surface area contributed by atoms with Crippen molar-refractivity contribution in [2.24, 2.45) is 5.92 Å². The molecule has 1 amide bonds. The van der Waals surface area contributed by atoms with E-state index >= 15 is 0 Å². The summed E-state index contributed by atoms with van der Waals surface area (Å²) in [6.07, 6.45) is 4.83. The number of nitrogens with one attached hydrogen (secondary N) is 2. The van der Waals surface area contributed by atoms with Crippen molar-refractivity contribution in [2.75, 3.05) is 0 Å². The topological polar surface area (TPSA) is 44.9 Å². The Hall–Kier alpha value is -1.77. The first-order valence-corrected chi connectivity index (χ1v) is 7.96. The van der Waals surface area contributed by atoms with Crippen LogP contribution in [0, 0.1) is 19.8 Å². The minimum Gasteiger partial charge on any atom is -0.350 e. The third kappa shape index (κ3) is 2.69. The van der Waals surface area contributed by atoms with Gasteiger partial charge in [0.25, 0.3) is 5.91 Å². The molecule has 3 rings (SSSR count). The molecule has 0 spiro atoms. The molecule has 3 heteroatoms. The first-order valence-electron chi connectivity index (χ1n) is 7.96. The van der Waals surface area contributed by atoms with Crippen LogP contribution in [0.15, 0.2) is 18.2 Å².